The highest BCUT2D eigenvalue weighted by Gasteiger charge is 2.06. The number of benzene rings is 3. The van der Waals surface area contributed by atoms with Crippen molar-refractivity contribution in [1.82, 2.24) is 9.97 Å². The summed E-state index contributed by atoms with van der Waals surface area (Å²) in [5, 5.41) is 0.570. The summed E-state index contributed by atoms with van der Waals surface area (Å²) in [6.45, 7) is 0.369. The molecule has 0 amide bonds. The van der Waals surface area contributed by atoms with E-state index in [9.17, 15) is 9.18 Å². The standard InChI is InChI=1S/C21H15FN2O2/c22-16-9-11-17(12-10-16)26-13-14-5-7-15(8-6-14)20-23-19-4-2-1-3-18(19)21(25)24-20/h1-12H,13H2,(H,23,24,25). The van der Waals surface area contributed by atoms with Gasteiger partial charge in [0.15, 0.2) is 0 Å². The summed E-state index contributed by atoms with van der Waals surface area (Å²) in [6.07, 6.45) is 0. The normalized spacial score (nSPS) is 10.8. The van der Waals surface area contributed by atoms with Crippen molar-refractivity contribution in [3.05, 3.63) is 94.5 Å². The van der Waals surface area contributed by atoms with Crippen LogP contribution in [-0.4, -0.2) is 9.97 Å². The summed E-state index contributed by atoms with van der Waals surface area (Å²) in [5.74, 6) is 0.842. The smallest absolute Gasteiger partial charge is 0.259 e. The number of nitrogens with one attached hydrogen (secondary N) is 1. The molecule has 1 heterocycles. The maximum absolute atomic E-state index is 12.9. The Balaban J connectivity index is 1.54. The second-order valence-corrected chi connectivity index (χ2v) is 5.87. The van der Waals surface area contributed by atoms with Crippen molar-refractivity contribution in [3.63, 3.8) is 0 Å². The molecular weight excluding hydrogens is 331 g/mol. The van der Waals surface area contributed by atoms with Crippen LogP contribution in [0.4, 0.5) is 4.39 Å². The molecule has 0 saturated heterocycles. The van der Waals surface area contributed by atoms with Crippen LogP contribution in [0.5, 0.6) is 5.75 Å². The van der Waals surface area contributed by atoms with Gasteiger partial charge in [-0.25, -0.2) is 9.37 Å². The van der Waals surface area contributed by atoms with Gasteiger partial charge in [-0.3, -0.25) is 4.79 Å². The molecule has 0 radical (unpaired) electrons. The number of hydrogen-bond acceptors (Lipinski definition) is 3. The quantitative estimate of drug-likeness (QED) is 0.599. The third-order valence-corrected chi connectivity index (χ3v) is 4.06. The average molecular weight is 346 g/mol. The van der Waals surface area contributed by atoms with Gasteiger partial charge in [0.05, 0.1) is 10.9 Å². The summed E-state index contributed by atoms with van der Waals surface area (Å²) in [6, 6.07) is 20.7. The number of halogens is 1. The van der Waals surface area contributed by atoms with Gasteiger partial charge in [-0.2, -0.15) is 0 Å². The Hall–Kier alpha value is -3.47. The van der Waals surface area contributed by atoms with Gasteiger partial charge in [0.2, 0.25) is 0 Å². The Bertz CT molecular complexity index is 1100. The van der Waals surface area contributed by atoms with Crippen molar-refractivity contribution >= 4 is 10.9 Å². The van der Waals surface area contributed by atoms with E-state index in [0.717, 1.165) is 11.1 Å². The Kier molecular flexibility index (Phi) is 4.19. The van der Waals surface area contributed by atoms with Crippen LogP contribution in [0, 0.1) is 5.82 Å². The maximum Gasteiger partial charge on any atom is 0.259 e. The van der Waals surface area contributed by atoms with Crippen molar-refractivity contribution in [2.45, 2.75) is 6.61 Å². The van der Waals surface area contributed by atoms with Crippen molar-refractivity contribution in [2.24, 2.45) is 0 Å². The summed E-state index contributed by atoms with van der Waals surface area (Å²) in [4.78, 5) is 19.5. The highest BCUT2D eigenvalue weighted by Crippen LogP contribution is 2.18. The molecule has 26 heavy (non-hydrogen) atoms. The number of H-pyrrole nitrogens is 1. The van der Waals surface area contributed by atoms with Crippen LogP contribution in [-0.2, 0) is 6.61 Å². The summed E-state index contributed by atoms with van der Waals surface area (Å²) in [7, 11) is 0. The minimum absolute atomic E-state index is 0.158. The van der Waals surface area contributed by atoms with E-state index >= 15 is 0 Å². The lowest BCUT2D eigenvalue weighted by Gasteiger charge is -2.07. The fourth-order valence-electron chi connectivity index (χ4n) is 2.68. The number of ether oxygens (including phenoxy) is 1. The van der Waals surface area contributed by atoms with Gasteiger partial charge in [0.1, 0.15) is 24.0 Å². The molecule has 0 unspecified atom stereocenters. The SMILES string of the molecule is O=c1[nH]c(-c2ccc(COc3ccc(F)cc3)cc2)nc2ccccc12. The lowest BCUT2D eigenvalue weighted by molar-refractivity contribution is 0.306. The van der Waals surface area contributed by atoms with Crippen LogP contribution in [0.3, 0.4) is 0 Å². The second-order valence-electron chi connectivity index (χ2n) is 5.87. The largest absolute Gasteiger partial charge is 0.489 e. The van der Waals surface area contributed by atoms with Crippen LogP contribution < -0.4 is 10.3 Å². The molecule has 0 aliphatic heterocycles. The third kappa shape index (κ3) is 3.32. The molecule has 0 fully saturated rings. The van der Waals surface area contributed by atoms with Gasteiger partial charge >= 0.3 is 0 Å². The molecule has 128 valence electrons. The number of fused-ring (bicyclic) bond motifs is 1. The number of para-hydroxylation sites is 1. The summed E-state index contributed by atoms with van der Waals surface area (Å²) < 4.78 is 18.5. The molecule has 4 rings (SSSR count). The highest BCUT2D eigenvalue weighted by molar-refractivity contribution is 5.79. The first-order valence-electron chi connectivity index (χ1n) is 8.16. The van der Waals surface area contributed by atoms with E-state index in [0.29, 0.717) is 29.1 Å². The lowest BCUT2D eigenvalue weighted by Crippen LogP contribution is -2.09. The van der Waals surface area contributed by atoms with Crippen LogP contribution >= 0.6 is 0 Å². The zero-order valence-corrected chi connectivity index (χ0v) is 13.8. The first-order chi connectivity index (χ1) is 12.7. The summed E-state index contributed by atoms with van der Waals surface area (Å²) >= 11 is 0. The van der Waals surface area contributed by atoms with Crippen LogP contribution in [0.25, 0.3) is 22.3 Å². The number of rotatable bonds is 4. The number of hydrogen-bond donors (Lipinski definition) is 1. The van der Waals surface area contributed by atoms with Gasteiger partial charge in [-0.1, -0.05) is 36.4 Å². The maximum atomic E-state index is 12.9. The number of nitrogens with zero attached hydrogens (tertiary/aromatic N) is 1. The van der Waals surface area contributed by atoms with Crippen molar-refractivity contribution in [2.75, 3.05) is 0 Å². The fraction of sp³-hybridized carbons (Fsp3) is 0.0476. The molecule has 0 aliphatic rings. The van der Waals surface area contributed by atoms with E-state index in [4.69, 9.17) is 4.74 Å². The van der Waals surface area contributed by atoms with Crippen molar-refractivity contribution in [3.8, 4) is 17.1 Å². The molecule has 3 aromatic carbocycles. The second kappa shape index (κ2) is 6.80. The Morgan fingerprint density at radius 3 is 2.42 bits per heavy atom. The van der Waals surface area contributed by atoms with E-state index in [2.05, 4.69) is 9.97 Å². The Morgan fingerprint density at radius 1 is 0.923 bits per heavy atom. The fourth-order valence-corrected chi connectivity index (χ4v) is 2.68. The molecule has 0 saturated carbocycles. The minimum atomic E-state index is -0.293. The van der Waals surface area contributed by atoms with Crippen LogP contribution in [0.2, 0.25) is 0 Å². The Labute approximate surface area is 148 Å². The van der Waals surface area contributed by atoms with E-state index < -0.39 is 0 Å². The molecule has 1 N–H and O–H groups in total. The van der Waals surface area contributed by atoms with E-state index in [1.807, 2.05) is 42.5 Å². The first-order valence-corrected chi connectivity index (χ1v) is 8.16. The van der Waals surface area contributed by atoms with Crippen molar-refractivity contribution in [1.29, 1.82) is 0 Å². The zero-order chi connectivity index (χ0) is 17.9. The van der Waals surface area contributed by atoms with Gasteiger partial charge in [0.25, 0.3) is 5.56 Å². The topological polar surface area (TPSA) is 55.0 Å². The van der Waals surface area contributed by atoms with Gasteiger partial charge in [-0.05, 0) is 42.0 Å². The van der Waals surface area contributed by atoms with Crippen LogP contribution in [0.15, 0.2) is 77.6 Å². The monoisotopic (exact) mass is 346 g/mol. The van der Waals surface area contributed by atoms with E-state index in [1.165, 1.54) is 12.1 Å². The van der Waals surface area contributed by atoms with Crippen molar-refractivity contribution < 1.29 is 9.13 Å². The van der Waals surface area contributed by atoms with Crippen LogP contribution in [0.1, 0.15) is 5.56 Å². The molecule has 4 aromatic rings. The molecule has 0 spiro atoms. The van der Waals surface area contributed by atoms with E-state index in [1.54, 1.807) is 18.2 Å². The molecule has 1 aromatic heterocycles. The average Bonchev–Trinajstić information content (AvgIpc) is 2.68. The molecule has 0 atom stereocenters. The molecular formula is C21H15FN2O2. The minimum Gasteiger partial charge on any atom is -0.489 e. The third-order valence-electron chi connectivity index (χ3n) is 4.06. The van der Waals surface area contributed by atoms with Gasteiger partial charge in [-0.15, -0.1) is 0 Å². The molecule has 4 nitrogen and oxygen atoms in total. The summed E-state index contributed by atoms with van der Waals surface area (Å²) in [5.41, 5.74) is 2.28. The number of aromatic amines is 1. The predicted octanol–water partition coefficient (Wildman–Crippen LogP) is 4.31. The molecule has 0 bridgehead atoms. The van der Waals surface area contributed by atoms with Gasteiger partial charge in [0, 0.05) is 5.56 Å². The first kappa shape index (κ1) is 16.0. The van der Waals surface area contributed by atoms with E-state index in [-0.39, 0.29) is 11.4 Å². The highest BCUT2D eigenvalue weighted by atomic mass is 19.1. The lowest BCUT2D eigenvalue weighted by atomic mass is 10.1. The molecule has 5 heteroatoms. The Morgan fingerprint density at radius 2 is 1.65 bits per heavy atom. The number of aromatic nitrogens is 2. The predicted molar refractivity (Wildman–Crippen MR) is 98.5 cm³/mol. The zero-order valence-electron chi connectivity index (χ0n) is 13.8. The molecule has 0 aliphatic carbocycles. The van der Waals surface area contributed by atoms with Gasteiger partial charge < -0.3 is 9.72 Å².